The number of fused-ring (bicyclic) bond motifs is 2. The number of likely N-dealkylation sites (N-methyl/N-ethyl adjacent to an activating group) is 1. The maximum atomic E-state index is 14.2. The molecule has 326 valence electrons. The predicted octanol–water partition coefficient (Wildman–Crippen LogP) is 4.54. The number of hydrogen-bond acceptors (Lipinski definition) is 9. The average molecular weight is 824 g/mol. The molecule has 1 aromatic carbocycles. The molecule has 3 aliphatic rings. The molecule has 3 N–H and O–H groups in total. The van der Waals surface area contributed by atoms with Crippen LogP contribution in [0.25, 0.3) is 0 Å². The van der Waals surface area contributed by atoms with Crippen LogP contribution in [-0.2, 0) is 38.2 Å². The number of carbonyl (C=O) groups is 5. The summed E-state index contributed by atoms with van der Waals surface area (Å²) in [5, 5.41) is 9.16. The SMILES string of the molecule is CC[C@H](C)[C@@H]([C@@H](CC(=O)N1CCC[C@H]1[C@H](OC)[C@@H](C)C(=O)N[C@H](C)[C@@H](OC(=O)C(F)(F)F)c1ccccc1)OC)N(C)C(=O)[C@@H](NC(=O)[C@H]1N[C@@H]2CC[C@H]1C2)C(C)C. The minimum Gasteiger partial charge on any atom is -0.449 e. The quantitative estimate of drug-likeness (QED) is 0.171. The van der Waals surface area contributed by atoms with Crippen LogP contribution in [0.3, 0.4) is 0 Å². The minimum absolute atomic E-state index is 0.0647. The number of carbonyl (C=O) groups excluding carboxylic acids is 5. The summed E-state index contributed by atoms with van der Waals surface area (Å²) in [4.78, 5) is 70.8. The van der Waals surface area contributed by atoms with Crippen molar-refractivity contribution in [2.24, 2.45) is 23.7 Å². The van der Waals surface area contributed by atoms with Crippen LogP contribution >= 0.6 is 0 Å². The number of ether oxygens (including phenoxy) is 3. The summed E-state index contributed by atoms with van der Waals surface area (Å²) in [7, 11) is 4.64. The summed E-state index contributed by atoms with van der Waals surface area (Å²) >= 11 is 0. The summed E-state index contributed by atoms with van der Waals surface area (Å²) in [5.41, 5.74) is 0.268. The van der Waals surface area contributed by atoms with Gasteiger partial charge in [-0.2, -0.15) is 13.2 Å². The first kappa shape index (κ1) is 46.9. The van der Waals surface area contributed by atoms with Crippen molar-refractivity contribution in [1.29, 1.82) is 0 Å². The van der Waals surface area contributed by atoms with Gasteiger partial charge < -0.3 is 40.0 Å². The average Bonchev–Trinajstić information content (AvgIpc) is 3.97. The van der Waals surface area contributed by atoms with Gasteiger partial charge in [-0.3, -0.25) is 19.2 Å². The number of hydrogen-bond donors (Lipinski definition) is 3. The number of piperidine rings is 1. The lowest BCUT2D eigenvalue weighted by Gasteiger charge is -2.41. The number of rotatable bonds is 19. The van der Waals surface area contributed by atoms with E-state index in [4.69, 9.17) is 14.2 Å². The van der Waals surface area contributed by atoms with E-state index in [2.05, 4.69) is 16.0 Å². The summed E-state index contributed by atoms with van der Waals surface area (Å²) in [5.74, 6) is -4.49. The maximum Gasteiger partial charge on any atom is 0.490 e. The highest BCUT2D eigenvalue weighted by Crippen LogP contribution is 2.36. The van der Waals surface area contributed by atoms with E-state index >= 15 is 0 Å². The maximum absolute atomic E-state index is 14.2. The molecule has 12 atom stereocenters. The fraction of sp³-hybridized carbons (Fsp3) is 0.738. The first-order chi connectivity index (χ1) is 27.3. The number of methoxy groups -OCH3 is 2. The van der Waals surface area contributed by atoms with Gasteiger partial charge in [0.25, 0.3) is 0 Å². The highest BCUT2D eigenvalue weighted by atomic mass is 19.4. The molecule has 13 nitrogen and oxygen atoms in total. The molecule has 0 unspecified atom stereocenters. The third kappa shape index (κ3) is 11.1. The number of esters is 1. The molecule has 4 amide bonds. The van der Waals surface area contributed by atoms with Crippen molar-refractivity contribution >= 4 is 29.6 Å². The normalized spacial score (nSPS) is 24.6. The van der Waals surface area contributed by atoms with E-state index in [1.54, 1.807) is 42.0 Å². The van der Waals surface area contributed by atoms with Gasteiger partial charge in [-0.25, -0.2) is 4.79 Å². The molecule has 0 aromatic heterocycles. The van der Waals surface area contributed by atoms with Crippen molar-refractivity contribution in [1.82, 2.24) is 25.8 Å². The van der Waals surface area contributed by atoms with Gasteiger partial charge in [0.1, 0.15) is 12.1 Å². The highest BCUT2D eigenvalue weighted by Gasteiger charge is 2.47. The Bertz CT molecular complexity index is 1570. The van der Waals surface area contributed by atoms with Crippen molar-refractivity contribution in [3.8, 4) is 0 Å². The lowest BCUT2D eigenvalue weighted by Crippen LogP contribution is -2.60. The Morgan fingerprint density at radius 2 is 1.64 bits per heavy atom. The Morgan fingerprint density at radius 1 is 0.966 bits per heavy atom. The van der Waals surface area contributed by atoms with Crippen LogP contribution in [-0.4, -0.2) is 122 Å². The molecule has 2 aliphatic heterocycles. The van der Waals surface area contributed by atoms with E-state index in [1.165, 1.54) is 33.3 Å². The van der Waals surface area contributed by atoms with E-state index in [-0.39, 0.29) is 53.5 Å². The predicted molar refractivity (Wildman–Crippen MR) is 210 cm³/mol. The first-order valence-electron chi connectivity index (χ1n) is 20.7. The largest absolute Gasteiger partial charge is 0.490 e. The molecular weight excluding hydrogens is 759 g/mol. The van der Waals surface area contributed by atoms with Crippen LogP contribution in [0, 0.1) is 23.7 Å². The third-order valence-corrected chi connectivity index (χ3v) is 12.5. The number of nitrogens with one attached hydrogen (secondary N) is 3. The van der Waals surface area contributed by atoms with Gasteiger partial charge in [-0.05, 0) is 62.3 Å². The molecule has 2 saturated heterocycles. The molecule has 0 spiro atoms. The van der Waals surface area contributed by atoms with Gasteiger partial charge in [0, 0.05) is 33.9 Å². The number of amides is 4. The van der Waals surface area contributed by atoms with Crippen molar-refractivity contribution in [3.05, 3.63) is 35.9 Å². The Kier molecular flexibility index (Phi) is 16.6. The second-order valence-corrected chi connectivity index (χ2v) is 16.8. The van der Waals surface area contributed by atoms with E-state index in [0.717, 1.165) is 19.3 Å². The zero-order valence-electron chi connectivity index (χ0n) is 35.3. The second-order valence-electron chi connectivity index (χ2n) is 16.8. The van der Waals surface area contributed by atoms with Crippen molar-refractivity contribution in [3.63, 3.8) is 0 Å². The molecule has 0 radical (unpaired) electrons. The van der Waals surface area contributed by atoms with Gasteiger partial charge in [0.15, 0.2) is 0 Å². The Balaban J connectivity index is 1.46. The summed E-state index contributed by atoms with van der Waals surface area (Å²) < 4.78 is 56.3. The smallest absolute Gasteiger partial charge is 0.449 e. The number of halogens is 3. The number of likely N-dealkylation sites (tertiary alicyclic amines) is 1. The van der Waals surface area contributed by atoms with E-state index < -0.39 is 66.4 Å². The molecule has 1 aliphatic carbocycles. The van der Waals surface area contributed by atoms with Crippen LogP contribution in [0.1, 0.15) is 98.2 Å². The van der Waals surface area contributed by atoms with Gasteiger partial charge in [0.2, 0.25) is 23.6 Å². The summed E-state index contributed by atoms with van der Waals surface area (Å²) in [6.07, 6.45) is -3.34. The van der Waals surface area contributed by atoms with Crippen LogP contribution < -0.4 is 16.0 Å². The van der Waals surface area contributed by atoms with Crippen molar-refractivity contribution < 1.29 is 51.4 Å². The number of benzene rings is 1. The first-order valence-corrected chi connectivity index (χ1v) is 20.7. The fourth-order valence-electron chi connectivity index (χ4n) is 9.15. The minimum atomic E-state index is -5.23. The lowest BCUT2D eigenvalue weighted by molar-refractivity contribution is -0.206. The zero-order chi connectivity index (χ0) is 43.1. The highest BCUT2D eigenvalue weighted by molar-refractivity contribution is 5.90. The number of nitrogens with zero attached hydrogens (tertiary/aromatic N) is 2. The van der Waals surface area contributed by atoms with Crippen LogP contribution in [0.2, 0.25) is 0 Å². The van der Waals surface area contributed by atoms with Gasteiger partial charge >= 0.3 is 12.1 Å². The Morgan fingerprint density at radius 3 is 2.17 bits per heavy atom. The topological polar surface area (TPSA) is 156 Å². The van der Waals surface area contributed by atoms with Gasteiger partial charge in [-0.1, -0.05) is 71.4 Å². The summed E-state index contributed by atoms with van der Waals surface area (Å²) in [6.45, 7) is 11.3. The Hall–Kier alpha value is -3.76. The fourth-order valence-corrected chi connectivity index (χ4v) is 9.15. The molecule has 3 fully saturated rings. The van der Waals surface area contributed by atoms with E-state index in [0.29, 0.717) is 31.8 Å². The van der Waals surface area contributed by atoms with E-state index in [9.17, 15) is 37.1 Å². The lowest BCUT2D eigenvalue weighted by atomic mass is 9.89. The van der Waals surface area contributed by atoms with Crippen LogP contribution in [0.5, 0.6) is 0 Å². The van der Waals surface area contributed by atoms with Crippen LogP contribution in [0.15, 0.2) is 30.3 Å². The zero-order valence-corrected chi connectivity index (χ0v) is 35.3. The molecule has 2 bridgehead atoms. The monoisotopic (exact) mass is 823 g/mol. The molecular formula is C42H64F3N5O8. The molecule has 4 rings (SSSR count). The van der Waals surface area contributed by atoms with Crippen molar-refractivity contribution in [2.75, 3.05) is 27.8 Å². The van der Waals surface area contributed by atoms with Crippen LogP contribution in [0.4, 0.5) is 13.2 Å². The number of alkyl halides is 3. The van der Waals surface area contributed by atoms with Gasteiger partial charge in [0.05, 0.1) is 48.7 Å². The van der Waals surface area contributed by atoms with Crippen molar-refractivity contribution in [2.45, 2.75) is 147 Å². The molecule has 2 heterocycles. The standard InChI is InChI=1S/C42H64F3N5O8/c1-10-24(4)35(49(7)40(54)33(23(2)3)48-39(53)34-28-18-19-29(21-28)47-34)31(56-8)22-32(51)50-20-14-17-30(50)36(57-9)25(5)38(52)46-26(6)37(27-15-12-11-13-16-27)58-41(55)42(43,44)45/h11-13,15-16,23-26,28-31,33-37,47H,10,14,17-22H2,1-9H3,(H,46,52)(H,48,53)/t24-,25+,26+,28-,29+,30-,31+,33-,34-,35-,36+,37+/m0/s1. The second kappa shape index (κ2) is 20.5. The van der Waals surface area contributed by atoms with Gasteiger partial charge in [-0.15, -0.1) is 0 Å². The van der Waals surface area contributed by atoms with E-state index in [1.807, 2.05) is 27.7 Å². The molecule has 1 saturated carbocycles. The molecule has 58 heavy (non-hydrogen) atoms. The summed E-state index contributed by atoms with van der Waals surface area (Å²) in [6, 6.07) is 5.00. The molecule has 1 aromatic rings. The third-order valence-electron chi connectivity index (χ3n) is 12.5. The molecule has 16 heteroatoms. The Labute approximate surface area is 340 Å².